The second-order valence-electron chi connectivity index (χ2n) is 5.34. The summed E-state index contributed by atoms with van der Waals surface area (Å²) in [6.45, 7) is 5.58. The number of rotatable bonds is 5. The standard InChI is InChI=1S/C18H20N2O3/c1-12-4-5-13(2)17(10-12)23-11-18(22)20-19-14(3)15-6-8-16(21)9-7-15/h4-10,21H,11H2,1-3H3,(H,20,22). The Kier molecular flexibility index (Phi) is 5.36. The van der Waals surface area contributed by atoms with Crippen LogP contribution in [0.1, 0.15) is 23.6 Å². The van der Waals surface area contributed by atoms with Crippen molar-refractivity contribution in [2.75, 3.05) is 6.61 Å². The van der Waals surface area contributed by atoms with Crippen molar-refractivity contribution < 1.29 is 14.6 Å². The summed E-state index contributed by atoms with van der Waals surface area (Å²) in [6, 6.07) is 12.4. The molecular weight excluding hydrogens is 292 g/mol. The summed E-state index contributed by atoms with van der Waals surface area (Å²) in [5.74, 6) is 0.552. The van der Waals surface area contributed by atoms with E-state index in [1.54, 1.807) is 31.2 Å². The maximum atomic E-state index is 11.8. The molecule has 0 aromatic heterocycles. The van der Waals surface area contributed by atoms with Gasteiger partial charge in [0.1, 0.15) is 11.5 Å². The number of carbonyl (C=O) groups excluding carboxylic acids is 1. The average molecular weight is 312 g/mol. The molecular formula is C18H20N2O3. The van der Waals surface area contributed by atoms with Gasteiger partial charge in [-0.2, -0.15) is 5.10 Å². The number of phenolic OH excluding ortho intramolecular Hbond substituents is 1. The molecule has 0 aliphatic carbocycles. The molecule has 0 unspecified atom stereocenters. The second kappa shape index (κ2) is 7.45. The van der Waals surface area contributed by atoms with Crippen molar-refractivity contribution in [2.24, 2.45) is 5.10 Å². The van der Waals surface area contributed by atoms with Gasteiger partial charge in [0.2, 0.25) is 0 Å². The Balaban J connectivity index is 1.90. The fourth-order valence-electron chi connectivity index (χ4n) is 1.95. The molecule has 23 heavy (non-hydrogen) atoms. The van der Waals surface area contributed by atoms with Crippen molar-refractivity contribution in [3.05, 3.63) is 59.2 Å². The average Bonchev–Trinajstić information content (AvgIpc) is 2.54. The molecule has 2 aromatic carbocycles. The first-order chi connectivity index (χ1) is 11.0. The predicted molar refractivity (Wildman–Crippen MR) is 89.9 cm³/mol. The minimum absolute atomic E-state index is 0.101. The minimum Gasteiger partial charge on any atom is -0.508 e. The number of hydrogen-bond donors (Lipinski definition) is 2. The molecule has 0 atom stereocenters. The fourth-order valence-corrected chi connectivity index (χ4v) is 1.95. The lowest BCUT2D eigenvalue weighted by Crippen LogP contribution is -2.25. The van der Waals surface area contributed by atoms with E-state index in [1.165, 1.54) is 0 Å². The van der Waals surface area contributed by atoms with Gasteiger partial charge in [-0.1, -0.05) is 12.1 Å². The van der Waals surface area contributed by atoms with E-state index >= 15 is 0 Å². The zero-order valence-electron chi connectivity index (χ0n) is 13.5. The third kappa shape index (κ3) is 4.85. The molecule has 0 radical (unpaired) electrons. The number of carbonyl (C=O) groups is 1. The topological polar surface area (TPSA) is 70.9 Å². The molecule has 0 fully saturated rings. The SMILES string of the molecule is CC(=NNC(=O)COc1cc(C)ccc1C)c1ccc(O)cc1. The number of hydrogen-bond acceptors (Lipinski definition) is 4. The summed E-state index contributed by atoms with van der Waals surface area (Å²) in [4.78, 5) is 11.8. The van der Waals surface area contributed by atoms with Crippen LogP contribution in [0.5, 0.6) is 11.5 Å². The van der Waals surface area contributed by atoms with Crippen molar-refractivity contribution >= 4 is 11.6 Å². The first-order valence-electron chi connectivity index (χ1n) is 7.28. The highest BCUT2D eigenvalue weighted by atomic mass is 16.5. The van der Waals surface area contributed by atoms with Crippen molar-refractivity contribution in [1.82, 2.24) is 5.43 Å². The van der Waals surface area contributed by atoms with Crippen LogP contribution in [-0.2, 0) is 4.79 Å². The number of aryl methyl sites for hydroxylation is 2. The first kappa shape index (κ1) is 16.5. The van der Waals surface area contributed by atoms with Crippen molar-refractivity contribution in [2.45, 2.75) is 20.8 Å². The van der Waals surface area contributed by atoms with Gasteiger partial charge < -0.3 is 9.84 Å². The van der Waals surface area contributed by atoms with Gasteiger partial charge in [0.05, 0.1) is 5.71 Å². The van der Waals surface area contributed by atoms with E-state index in [9.17, 15) is 9.90 Å². The van der Waals surface area contributed by atoms with Gasteiger partial charge in [-0.25, -0.2) is 5.43 Å². The monoisotopic (exact) mass is 312 g/mol. The molecule has 2 N–H and O–H groups in total. The highest BCUT2D eigenvalue weighted by Gasteiger charge is 2.05. The number of amides is 1. The molecule has 5 nitrogen and oxygen atoms in total. The maximum Gasteiger partial charge on any atom is 0.277 e. The summed E-state index contributed by atoms with van der Waals surface area (Å²) in [7, 11) is 0. The quantitative estimate of drug-likeness (QED) is 0.659. The summed E-state index contributed by atoms with van der Waals surface area (Å²) in [5, 5.41) is 13.3. The van der Waals surface area contributed by atoms with Crippen LogP contribution in [0.15, 0.2) is 47.6 Å². The van der Waals surface area contributed by atoms with Crippen LogP contribution >= 0.6 is 0 Å². The number of phenols is 1. The van der Waals surface area contributed by atoms with Crippen LogP contribution in [0, 0.1) is 13.8 Å². The van der Waals surface area contributed by atoms with Crippen molar-refractivity contribution in [3.8, 4) is 11.5 Å². The van der Waals surface area contributed by atoms with E-state index < -0.39 is 0 Å². The summed E-state index contributed by atoms with van der Waals surface area (Å²) < 4.78 is 5.52. The molecule has 0 aliphatic rings. The van der Waals surface area contributed by atoms with Crippen molar-refractivity contribution in [3.63, 3.8) is 0 Å². The van der Waals surface area contributed by atoms with Crippen LogP contribution in [0.4, 0.5) is 0 Å². The van der Waals surface area contributed by atoms with Gasteiger partial charge in [0, 0.05) is 0 Å². The molecule has 0 heterocycles. The van der Waals surface area contributed by atoms with Crippen LogP contribution in [-0.4, -0.2) is 23.3 Å². The Hall–Kier alpha value is -2.82. The number of ether oxygens (including phenoxy) is 1. The Labute approximate surface area is 135 Å². The molecule has 2 rings (SSSR count). The van der Waals surface area contributed by atoms with Gasteiger partial charge in [-0.05, 0) is 67.8 Å². The van der Waals surface area contributed by atoms with E-state index in [0.29, 0.717) is 11.5 Å². The largest absolute Gasteiger partial charge is 0.508 e. The number of benzene rings is 2. The van der Waals surface area contributed by atoms with Crippen LogP contribution < -0.4 is 10.2 Å². The Morgan fingerprint density at radius 2 is 1.87 bits per heavy atom. The molecule has 1 amide bonds. The molecule has 0 bridgehead atoms. The number of nitrogens with zero attached hydrogens (tertiary/aromatic N) is 1. The molecule has 0 spiro atoms. The highest BCUT2D eigenvalue weighted by Crippen LogP contribution is 2.18. The first-order valence-corrected chi connectivity index (χ1v) is 7.28. The Morgan fingerprint density at radius 3 is 2.57 bits per heavy atom. The predicted octanol–water partition coefficient (Wildman–Crippen LogP) is 2.93. The summed E-state index contributed by atoms with van der Waals surface area (Å²) >= 11 is 0. The second-order valence-corrected chi connectivity index (χ2v) is 5.34. The van der Waals surface area contributed by atoms with E-state index in [2.05, 4.69) is 10.5 Å². The van der Waals surface area contributed by atoms with E-state index in [1.807, 2.05) is 32.0 Å². The van der Waals surface area contributed by atoms with Crippen LogP contribution in [0.25, 0.3) is 0 Å². The zero-order valence-corrected chi connectivity index (χ0v) is 13.5. The van der Waals surface area contributed by atoms with Gasteiger partial charge in [-0.15, -0.1) is 0 Å². The number of aromatic hydroxyl groups is 1. The van der Waals surface area contributed by atoms with Crippen LogP contribution in [0.3, 0.4) is 0 Å². The molecule has 0 aliphatic heterocycles. The van der Waals surface area contributed by atoms with Crippen molar-refractivity contribution in [1.29, 1.82) is 0 Å². The molecule has 5 heteroatoms. The molecule has 0 saturated carbocycles. The summed E-state index contributed by atoms with van der Waals surface area (Å²) in [5.41, 5.74) is 5.98. The van der Waals surface area contributed by atoms with Gasteiger partial charge in [0.15, 0.2) is 6.61 Å². The fraction of sp³-hybridized carbons (Fsp3) is 0.222. The molecule has 2 aromatic rings. The Bertz CT molecular complexity index is 722. The lowest BCUT2D eigenvalue weighted by Gasteiger charge is -2.09. The maximum absolute atomic E-state index is 11.8. The van der Waals surface area contributed by atoms with Gasteiger partial charge in [-0.3, -0.25) is 4.79 Å². The number of nitrogens with one attached hydrogen (secondary N) is 1. The molecule has 0 saturated heterocycles. The minimum atomic E-state index is -0.330. The Morgan fingerprint density at radius 1 is 1.17 bits per heavy atom. The molecule has 120 valence electrons. The van der Waals surface area contributed by atoms with E-state index in [4.69, 9.17) is 4.74 Å². The third-order valence-electron chi connectivity index (χ3n) is 3.34. The summed E-state index contributed by atoms with van der Waals surface area (Å²) in [6.07, 6.45) is 0. The normalized spacial score (nSPS) is 11.2. The zero-order chi connectivity index (χ0) is 16.8. The lowest BCUT2D eigenvalue weighted by molar-refractivity contribution is -0.123. The van der Waals surface area contributed by atoms with Crippen LogP contribution in [0.2, 0.25) is 0 Å². The van der Waals surface area contributed by atoms with Gasteiger partial charge in [0.25, 0.3) is 5.91 Å². The van der Waals surface area contributed by atoms with E-state index in [0.717, 1.165) is 16.7 Å². The van der Waals surface area contributed by atoms with Gasteiger partial charge >= 0.3 is 0 Å². The smallest absolute Gasteiger partial charge is 0.277 e. The lowest BCUT2D eigenvalue weighted by atomic mass is 10.1. The van der Waals surface area contributed by atoms with E-state index in [-0.39, 0.29) is 18.3 Å². The highest BCUT2D eigenvalue weighted by molar-refractivity contribution is 5.99. The third-order valence-corrected chi connectivity index (χ3v) is 3.34. The number of hydrazone groups is 1.